The lowest BCUT2D eigenvalue weighted by Gasteiger charge is -2.50. The van der Waals surface area contributed by atoms with Crippen LogP contribution in [0.4, 0.5) is 0 Å². The summed E-state index contributed by atoms with van der Waals surface area (Å²) in [6.07, 6.45) is -5.41. The summed E-state index contributed by atoms with van der Waals surface area (Å²) in [4.78, 5) is 45.9. The number of azide groups is 1. The van der Waals surface area contributed by atoms with E-state index < -0.39 is 54.7 Å². The zero-order valence-corrected chi connectivity index (χ0v) is 26.9. The standard InChI is InChI=1S/C37H32N4O9/c1-45-25-15-17-26(18-16-25)47-37-31(41-34(43)27-13-7-8-14-28(27)35(41)44)33(49-30(42)19-23-11-5-6-12-24(23)20-39-40-38)32-29(48-37)21-46-36(50-32)22-9-3-2-4-10-22/h2-18,29,31-33,36-37H,19-21H2,1H3/t29-,31-,32-,33-,36-,37-/m1/s1. The highest BCUT2D eigenvalue weighted by molar-refractivity contribution is 6.21. The van der Waals surface area contributed by atoms with E-state index in [4.69, 9.17) is 34.0 Å². The number of ether oxygens (including phenoxy) is 6. The molecule has 4 aromatic carbocycles. The molecule has 2 fully saturated rings. The van der Waals surface area contributed by atoms with Gasteiger partial charge in [-0.15, -0.1) is 0 Å². The Kier molecular flexibility index (Phi) is 9.45. The Morgan fingerprint density at radius 1 is 0.860 bits per heavy atom. The predicted molar refractivity (Wildman–Crippen MR) is 176 cm³/mol. The van der Waals surface area contributed by atoms with Crippen LogP contribution in [0.25, 0.3) is 10.4 Å². The van der Waals surface area contributed by atoms with Crippen LogP contribution in [0.2, 0.25) is 0 Å². The van der Waals surface area contributed by atoms with Gasteiger partial charge in [0, 0.05) is 10.5 Å². The summed E-state index contributed by atoms with van der Waals surface area (Å²) >= 11 is 0. The number of methoxy groups -OCH3 is 1. The molecule has 0 spiro atoms. The molecule has 4 aromatic rings. The Bertz CT molecular complexity index is 1900. The zero-order valence-electron chi connectivity index (χ0n) is 26.9. The summed E-state index contributed by atoms with van der Waals surface area (Å²) < 4.78 is 36.9. The number of hydrogen-bond donors (Lipinski definition) is 0. The van der Waals surface area contributed by atoms with Gasteiger partial charge in [0.15, 0.2) is 12.4 Å². The van der Waals surface area contributed by atoms with Crippen LogP contribution in [0.15, 0.2) is 108 Å². The summed E-state index contributed by atoms with van der Waals surface area (Å²) in [7, 11) is 1.54. The number of carbonyl (C=O) groups excluding carboxylic acids is 3. The van der Waals surface area contributed by atoms with Crippen LogP contribution in [0.1, 0.15) is 43.7 Å². The van der Waals surface area contributed by atoms with Crippen molar-refractivity contribution in [2.75, 3.05) is 13.7 Å². The molecule has 6 atom stereocenters. The van der Waals surface area contributed by atoms with E-state index in [1.165, 1.54) is 0 Å². The first-order valence-electron chi connectivity index (χ1n) is 16.0. The maximum atomic E-state index is 14.0. The molecule has 50 heavy (non-hydrogen) atoms. The fraction of sp³-hybridized carbons (Fsp3) is 0.270. The first kappa shape index (κ1) is 32.8. The molecule has 3 aliphatic rings. The van der Waals surface area contributed by atoms with E-state index in [-0.39, 0.29) is 30.7 Å². The molecular weight excluding hydrogens is 644 g/mol. The number of hydrogen-bond acceptors (Lipinski definition) is 10. The van der Waals surface area contributed by atoms with Crippen molar-refractivity contribution in [3.8, 4) is 11.5 Å². The highest BCUT2D eigenvalue weighted by atomic mass is 16.8. The molecule has 0 saturated carbocycles. The number of carbonyl (C=O) groups is 3. The van der Waals surface area contributed by atoms with Crippen LogP contribution in [0.3, 0.4) is 0 Å². The Labute approximate surface area is 286 Å². The molecule has 0 aliphatic carbocycles. The molecule has 3 heterocycles. The number of benzene rings is 4. The second-order valence-corrected chi connectivity index (χ2v) is 11.8. The van der Waals surface area contributed by atoms with Crippen LogP contribution in [0.5, 0.6) is 11.5 Å². The van der Waals surface area contributed by atoms with Crippen molar-refractivity contribution >= 4 is 17.8 Å². The fourth-order valence-corrected chi connectivity index (χ4v) is 6.45. The second-order valence-electron chi connectivity index (χ2n) is 11.8. The van der Waals surface area contributed by atoms with Gasteiger partial charge >= 0.3 is 5.97 Å². The minimum absolute atomic E-state index is 0.0323. The van der Waals surface area contributed by atoms with E-state index in [0.717, 1.165) is 10.5 Å². The predicted octanol–water partition coefficient (Wildman–Crippen LogP) is 5.54. The van der Waals surface area contributed by atoms with Gasteiger partial charge in [-0.2, -0.15) is 0 Å². The third-order valence-corrected chi connectivity index (χ3v) is 8.84. The van der Waals surface area contributed by atoms with Crippen molar-refractivity contribution in [1.82, 2.24) is 4.90 Å². The summed E-state index contributed by atoms with van der Waals surface area (Å²) in [6, 6.07) is 28.2. The average molecular weight is 677 g/mol. The van der Waals surface area contributed by atoms with Gasteiger partial charge in [0.1, 0.15) is 29.7 Å². The maximum absolute atomic E-state index is 14.0. The van der Waals surface area contributed by atoms with Crippen LogP contribution in [0, 0.1) is 0 Å². The zero-order chi connectivity index (χ0) is 34.6. The molecule has 0 bridgehead atoms. The average Bonchev–Trinajstić information content (AvgIpc) is 3.40. The molecule has 0 radical (unpaired) electrons. The lowest BCUT2D eigenvalue weighted by molar-refractivity contribution is -0.339. The van der Waals surface area contributed by atoms with E-state index in [0.29, 0.717) is 22.6 Å². The van der Waals surface area contributed by atoms with Gasteiger partial charge in [0.05, 0.1) is 37.8 Å². The molecule has 2 amide bonds. The minimum Gasteiger partial charge on any atom is -0.497 e. The Morgan fingerprint density at radius 3 is 2.18 bits per heavy atom. The Hall–Kier alpha value is -5.72. The van der Waals surface area contributed by atoms with Gasteiger partial charge in [-0.1, -0.05) is 71.8 Å². The molecule has 13 nitrogen and oxygen atoms in total. The maximum Gasteiger partial charge on any atom is 0.310 e. The quantitative estimate of drug-likeness (QED) is 0.0691. The van der Waals surface area contributed by atoms with Crippen LogP contribution < -0.4 is 9.47 Å². The van der Waals surface area contributed by atoms with Crippen molar-refractivity contribution < 1.29 is 42.8 Å². The summed E-state index contributed by atoms with van der Waals surface area (Å²) in [5.41, 5.74) is 11.2. The van der Waals surface area contributed by atoms with E-state index >= 15 is 0 Å². The fourth-order valence-electron chi connectivity index (χ4n) is 6.45. The third-order valence-electron chi connectivity index (χ3n) is 8.84. The van der Waals surface area contributed by atoms with Gasteiger partial charge in [0.2, 0.25) is 6.29 Å². The van der Waals surface area contributed by atoms with Gasteiger partial charge in [-0.05, 0) is 53.1 Å². The number of imide groups is 1. The van der Waals surface area contributed by atoms with E-state index in [2.05, 4.69) is 10.0 Å². The molecule has 3 aliphatic heterocycles. The molecular formula is C37H32N4O9. The highest BCUT2D eigenvalue weighted by Crippen LogP contribution is 2.40. The first-order chi connectivity index (χ1) is 24.4. The molecule has 254 valence electrons. The molecule has 2 saturated heterocycles. The van der Waals surface area contributed by atoms with E-state index in [1.54, 1.807) is 79.9 Å². The lowest BCUT2D eigenvalue weighted by Crippen LogP contribution is -2.69. The number of amides is 2. The molecule has 13 heteroatoms. The van der Waals surface area contributed by atoms with Crippen molar-refractivity contribution in [3.63, 3.8) is 0 Å². The van der Waals surface area contributed by atoms with Gasteiger partial charge in [-0.3, -0.25) is 19.3 Å². The number of esters is 1. The van der Waals surface area contributed by atoms with Crippen LogP contribution in [-0.2, 0) is 36.7 Å². The SMILES string of the molecule is COc1ccc(O[C@@H]2O[C@@H]3CO[C@@H](c4ccccc4)O[C@H]3[C@H](OC(=O)Cc3ccccc3CN=[N+]=[N-])[C@H]2N2C(=O)c3ccccc3C2=O)cc1. The normalized spacial score (nSPS) is 24.1. The largest absolute Gasteiger partial charge is 0.497 e. The smallest absolute Gasteiger partial charge is 0.310 e. The van der Waals surface area contributed by atoms with Gasteiger partial charge in [0.25, 0.3) is 11.8 Å². The number of nitrogens with zero attached hydrogens (tertiary/aromatic N) is 4. The molecule has 7 rings (SSSR count). The number of rotatable bonds is 10. The second kappa shape index (κ2) is 14.4. The minimum atomic E-state index is -1.30. The van der Waals surface area contributed by atoms with Crippen molar-refractivity contribution in [2.24, 2.45) is 5.11 Å². The van der Waals surface area contributed by atoms with Crippen LogP contribution in [-0.4, -0.2) is 67.0 Å². The Morgan fingerprint density at radius 2 is 1.50 bits per heavy atom. The summed E-state index contributed by atoms with van der Waals surface area (Å²) in [5, 5.41) is 3.65. The molecule has 0 aromatic heterocycles. The van der Waals surface area contributed by atoms with Crippen molar-refractivity contribution in [3.05, 3.63) is 141 Å². The molecule has 0 N–H and O–H groups in total. The van der Waals surface area contributed by atoms with Gasteiger partial charge < -0.3 is 28.4 Å². The van der Waals surface area contributed by atoms with Crippen LogP contribution >= 0.6 is 0 Å². The van der Waals surface area contributed by atoms with Crippen molar-refractivity contribution in [2.45, 2.75) is 49.9 Å². The lowest BCUT2D eigenvalue weighted by atomic mass is 9.93. The highest BCUT2D eigenvalue weighted by Gasteiger charge is 2.58. The topological polar surface area (TPSA) is 159 Å². The first-order valence-corrected chi connectivity index (χ1v) is 16.0. The van der Waals surface area contributed by atoms with Gasteiger partial charge in [-0.25, -0.2) is 0 Å². The van der Waals surface area contributed by atoms with E-state index in [1.807, 2.05) is 30.3 Å². The monoisotopic (exact) mass is 676 g/mol. The van der Waals surface area contributed by atoms with E-state index in [9.17, 15) is 14.4 Å². The van der Waals surface area contributed by atoms with Crippen molar-refractivity contribution in [1.29, 1.82) is 0 Å². The number of fused-ring (bicyclic) bond motifs is 2. The summed E-state index contributed by atoms with van der Waals surface area (Å²) in [5.74, 6) is -0.901. The third kappa shape index (κ3) is 6.50. The Balaban J connectivity index is 1.28. The molecule has 0 unspecified atom stereocenters. The summed E-state index contributed by atoms with van der Waals surface area (Å²) in [6.45, 7) is 0.0706.